The molecule has 1 N–H and O–H groups in total. The fourth-order valence-electron chi connectivity index (χ4n) is 2.13. The lowest BCUT2D eigenvalue weighted by Crippen LogP contribution is -2.26. The van der Waals surface area contributed by atoms with Crippen molar-refractivity contribution in [2.24, 2.45) is 7.05 Å². The minimum Gasteiger partial charge on any atom is -0.305 e. The normalized spacial score (nSPS) is 12.7. The largest absolute Gasteiger partial charge is 0.305 e. The molecule has 1 atom stereocenters. The van der Waals surface area contributed by atoms with E-state index in [9.17, 15) is 8.78 Å². The summed E-state index contributed by atoms with van der Waals surface area (Å²) in [7, 11) is 1.72. The lowest BCUT2D eigenvalue weighted by molar-refractivity contribution is 0.472. The highest BCUT2D eigenvalue weighted by Crippen LogP contribution is 2.30. The van der Waals surface area contributed by atoms with Crippen LogP contribution in [0.3, 0.4) is 0 Å². The van der Waals surface area contributed by atoms with Crippen molar-refractivity contribution in [3.8, 4) is 0 Å². The van der Waals surface area contributed by atoms with E-state index in [-0.39, 0.29) is 5.56 Å². The molecule has 0 aliphatic rings. The predicted octanol–water partition coefficient (Wildman–Crippen LogP) is 3.44. The molecule has 6 heteroatoms. The molecule has 1 unspecified atom stereocenters. The van der Waals surface area contributed by atoms with Gasteiger partial charge in [-0.2, -0.15) is 5.10 Å². The maximum Gasteiger partial charge on any atom is 0.163 e. The first-order chi connectivity index (χ1) is 9.56. The third kappa shape index (κ3) is 2.83. The highest BCUT2D eigenvalue weighted by atomic mass is 35.5. The lowest BCUT2D eigenvalue weighted by Gasteiger charge is -2.20. The summed E-state index contributed by atoms with van der Waals surface area (Å²) in [6.07, 6.45) is 2.36. The van der Waals surface area contributed by atoms with Gasteiger partial charge in [-0.1, -0.05) is 30.7 Å². The fourth-order valence-corrected chi connectivity index (χ4v) is 2.41. The second-order valence-corrected chi connectivity index (χ2v) is 4.94. The Morgan fingerprint density at radius 1 is 1.40 bits per heavy atom. The van der Waals surface area contributed by atoms with Crippen LogP contribution in [0.2, 0.25) is 5.02 Å². The molecule has 3 nitrogen and oxygen atoms in total. The van der Waals surface area contributed by atoms with Gasteiger partial charge in [-0.15, -0.1) is 0 Å². The molecule has 0 saturated carbocycles. The Labute approximate surface area is 121 Å². The van der Waals surface area contributed by atoms with E-state index in [2.05, 4.69) is 10.4 Å². The van der Waals surface area contributed by atoms with Crippen molar-refractivity contribution in [1.82, 2.24) is 15.1 Å². The predicted molar refractivity (Wildman–Crippen MR) is 74.7 cm³/mol. The van der Waals surface area contributed by atoms with Crippen LogP contribution >= 0.6 is 11.6 Å². The highest BCUT2D eigenvalue weighted by molar-refractivity contribution is 6.31. The number of nitrogens with one attached hydrogen (secondary N) is 1. The summed E-state index contributed by atoms with van der Waals surface area (Å²) in [6.45, 7) is 2.65. The Balaban J connectivity index is 2.50. The molecule has 0 saturated heterocycles. The van der Waals surface area contributed by atoms with E-state index < -0.39 is 17.7 Å². The van der Waals surface area contributed by atoms with Gasteiger partial charge in [0, 0.05) is 12.6 Å². The van der Waals surface area contributed by atoms with Gasteiger partial charge < -0.3 is 5.32 Å². The second kappa shape index (κ2) is 6.33. The first-order valence-corrected chi connectivity index (χ1v) is 6.78. The van der Waals surface area contributed by atoms with Crippen molar-refractivity contribution in [1.29, 1.82) is 0 Å². The molecule has 0 amide bonds. The van der Waals surface area contributed by atoms with E-state index >= 15 is 0 Å². The van der Waals surface area contributed by atoms with Crippen LogP contribution in [-0.4, -0.2) is 16.3 Å². The summed E-state index contributed by atoms with van der Waals surface area (Å²) in [6, 6.07) is 3.60. The summed E-state index contributed by atoms with van der Waals surface area (Å²) in [5.41, 5.74) is 0.841. The molecule has 1 heterocycles. The van der Waals surface area contributed by atoms with Gasteiger partial charge in [0.1, 0.15) is 0 Å². The molecule has 108 valence electrons. The summed E-state index contributed by atoms with van der Waals surface area (Å²) in [5.74, 6) is -1.73. The first kappa shape index (κ1) is 14.9. The number of halogens is 3. The van der Waals surface area contributed by atoms with E-state index in [1.54, 1.807) is 17.8 Å². The van der Waals surface area contributed by atoms with Crippen LogP contribution in [0.25, 0.3) is 0 Å². The van der Waals surface area contributed by atoms with Crippen LogP contribution < -0.4 is 5.32 Å². The van der Waals surface area contributed by atoms with Gasteiger partial charge >= 0.3 is 0 Å². The number of aryl methyl sites for hydroxylation is 1. The van der Waals surface area contributed by atoms with E-state index in [0.29, 0.717) is 17.3 Å². The third-order valence-electron chi connectivity index (χ3n) is 3.10. The summed E-state index contributed by atoms with van der Waals surface area (Å²) in [4.78, 5) is 0. The van der Waals surface area contributed by atoms with E-state index in [1.807, 2.05) is 6.92 Å². The number of nitrogens with zero attached hydrogens (tertiary/aromatic N) is 2. The standard InChI is InChI=1S/C14H16ClF2N3/c1-3-7-18-13(14-10(15)8-19-20(14)2)9-5-4-6-11(16)12(9)17/h4-6,8,13,18H,3,7H2,1-2H3. The van der Waals surface area contributed by atoms with Crippen LogP contribution in [0.15, 0.2) is 24.4 Å². The number of rotatable bonds is 5. The zero-order valence-electron chi connectivity index (χ0n) is 11.3. The maximum absolute atomic E-state index is 14.0. The summed E-state index contributed by atoms with van der Waals surface area (Å²) < 4.78 is 29.1. The van der Waals surface area contributed by atoms with Crippen molar-refractivity contribution in [3.05, 3.63) is 52.3 Å². The molecule has 0 aliphatic carbocycles. The quantitative estimate of drug-likeness (QED) is 0.916. The zero-order valence-corrected chi connectivity index (χ0v) is 12.1. The van der Waals surface area contributed by atoms with Crippen LogP contribution in [-0.2, 0) is 7.05 Å². The van der Waals surface area contributed by atoms with Gasteiger partial charge in [0.05, 0.1) is 23.0 Å². The Bertz CT molecular complexity index is 579. The van der Waals surface area contributed by atoms with Crippen molar-refractivity contribution in [2.75, 3.05) is 6.54 Å². The minimum atomic E-state index is -0.871. The molecular weight excluding hydrogens is 284 g/mol. The zero-order chi connectivity index (χ0) is 14.7. The average molecular weight is 300 g/mol. The molecule has 0 aliphatic heterocycles. The lowest BCUT2D eigenvalue weighted by atomic mass is 10.0. The van der Waals surface area contributed by atoms with E-state index in [1.165, 1.54) is 12.3 Å². The molecule has 20 heavy (non-hydrogen) atoms. The van der Waals surface area contributed by atoms with E-state index in [4.69, 9.17) is 11.6 Å². The smallest absolute Gasteiger partial charge is 0.163 e. The highest BCUT2D eigenvalue weighted by Gasteiger charge is 2.24. The summed E-state index contributed by atoms with van der Waals surface area (Å²) >= 11 is 6.12. The maximum atomic E-state index is 14.0. The Kier molecular flexibility index (Phi) is 4.73. The Morgan fingerprint density at radius 3 is 2.75 bits per heavy atom. The number of hydrogen-bond donors (Lipinski definition) is 1. The van der Waals surface area contributed by atoms with Crippen molar-refractivity contribution >= 4 is 11.6 Å². The number of hydrogen-bond acceptors (Lipinski definition) is 2. The number of benzene rings is 1. The van der Waals surface area contributed by atoms with Crippen molar-refractivity contribution in [3.63, 3.8) is 0 Å². The van der Waals surface area contributed by atoms with Crippen LogP contribution in [0.5, 0.6) is 0 Å². The van der Waals surface area contributed by atoms with Gasteiger partial charge in [-0.3, -0.25) is 4.68 Å². The first-order valence-electron chi connectivity index (χ1n) is 6.41. The summed E-state index contributed by atoms with van der Waals surface area (Å²) in [5, 5.41) is 7.66. The van der Waals surface area contributed by atoms with E-state index in [0.717, 1.165) is 12.5 Å². The van der Waals surface area contributed by atoms with Gasteiger partial charge in [0.25, 0.3) is 0 Å². The second-order valence-electron chi connectivity index (χ2n) is 4.53. The third-order valence-corrected chi connectivity index (χ3v) is 3.39. The van der Waals surface area contributed by atoms with Crippen LogP contribution in [0.4, 0.5) is 8.78 Å². The fraction of sp³-hybridized carbons (Fsp3) is 0.357. The molecule has 0 fully saturated rings. The van der Waals surface area contributed by atoms with Gasteiger partial charge in [0.15, 0.2) is 11.6 Å². The monoisotopic (exact) mass is 299 g/mol. The number of aromatic nitrogens is 2. The molecule has 0 bridgehead atoms. The SMILES string of the molecule is CCCNC(c1cccc(F)c1F)c1c(Cl)cnn1C. The van der Waals surface area contributed by atoms with Gasteiger partial charge in [-0.05, 0) is 19.0 Å². The van der Waals surface area contributed by atoms with Crippen molar-refractivity contribution in [2.45, 2.75) is 19.4 Å². The molecule has 1 aromatic carbocycles. The molecule has 2 rings (SSSR count). The average Bonchev–Trinajstić information content (AvgIpc) is 2.75. The van der Waals surface area contributed by atoms with Crippen LogP contribution in [0, 0.1) is 11.6 Å². The Morgan fingerprint density at radius 2 is 2.15 bits per heavy atom. The molecular formula is C14H16ClF2N3. The van der Waals surface area contributed by atoms with Crippen molar-refractivity contribution < 1.29 is 8.78 Å². The Hall–Kier alpha value is -1.46. The molecule has 0 spiro atoms. The molecule has 0 radical (unpaired) electrons. The van der Waals surface area contributed by atoms with Gasteiger partial charge in [-0.25, -0.2) is 8.78 Å². The topological polar surface area (TPSA) is 29.9 Å². The van der Waals surface area contributed by atoms with Crippen LogP contribution in [0.1, 0.15) is 30.6 Å². The minimum absolute atomic E-state index is 0.226. The molecule has 2 aromatic rings. The molecule has 1 aromatic heterocycles. The van der Waals surface area contributed by atoms with Gasteiger partial charge in [0.2, 0.25) is 0 Å².